The minimum absolute atomic E-state index is 0.00961. The summed E-state index contributed by atoms with van der Waals surface area (Å²) in [7, 11) is 0. The van der Waals surface area contributed by atoms with Gasteiger partial charge in [0, 0.05) is 35.2 Å². The second-order valence-corrected chi connectivity index (χ2v) is 11.8. The van der Waals surface area contributed by atoms with Crippen LogP contribution in [0.25, 0.3) is 15.9 Å². The zero-order chi connectivity index (χ0) is 27.4. The number of Topliss-reactive ketones (excluding diaryl/α,β-unsaturated/α-hetero) is 1. The Bertz CT molecular complexity index is 1500. The number of aryl methyl sites for hydroxylation is 1. The Hall–Kier alpha value is -3.37. The SMILES string of the molecule is Cc1cc(C(=O)O)cc2sc(N3C4CC[C@H]3CC(OCC(C(=O)C3CC3)=C(N)c3ccc(F)cc3F)C4)nc12. The molecule has 7 nitrogen and oxygen atoms in total. The van der Waals surface area contributed by atoms with Crippen molar-refractivity contribution in [1.82, 2.24) is 4.98 Å². The van der Waals surface area contributed by atoms with Gasteiger partial charge in [-0.05, 0) is 75.3 Å². The minimum atomic E-state index is -0.954. The lowest BCUT2D eigenvalue weighted by Gasteiger charge is -2.38. The number of carbonyl (C=O) groups is 2. The summed E-state index contributed by atoms with van der Waals surface area (Å²) in [4.78, 5) is 31.8. The number of anilines is 1. The summed E-state index contributed by atoms with van der Waals surface area (Å²) in [5.74, 6) is -2.70. The van der Waals surface area contributed by atoms with Crippen LogP contribution in [0, 0.1) is 24.5 Å². The van der Waals surface area contributed by atoms with Crippen LogP contribution in [0.3, 0.4) is 0 Å². The summed E-state index contributed by atoms with van der Waals surface area (Å²) in [5, 5.41) is 10.3. The van der Waals surface area contributed by atoms with E-state index in [9.17, 15) is 23.5 Å². The average molecular weight is 554 g/mol. The Kier molecular flexibility index (Phi) is 6.63. The van der Waals surface area contributed by atoms with Crippen molar-refractivity contribution in [2.75, 3.05) is 11.5 Å². The van der Waals surface area contributed by atoms with E-state index in [1.165, 1.54) is 17.4 Å². The van der Waals surface area contributed by atoms with E-state index < -0.39 is 17.6 Å². The van der Waals surface area contributed by atoms with Crippen molar-refractivity contribution in [3.05, 3.63) is 64.2 Å². The lowest BCUT2D eigenvalue weighted by molar-refractivity contribution is -0.117. The highest BCUT2D eigenvalue weighted by atomic mass is 32.1. The van der Waals surface area contributed by atoms with Gasteiger partial charge in [0.05, 0.1) is 34.2 Å². The van der Waals surface area contributed by atoms with Crippen molar-refractivity contribution in [2.45, 2.75) is 63.6 Å². The predicted molar refractivity (Wildman–Crippen MR) is 145 cm³/mol. The second-order valence-electron chi connectivity index (χ2n) is 10.8. The molecule has 2 aliphatic heterocycles. The van der Waals surface area contributed by atoms with Crippen molar-refractivity contribution >= 4 is 44.1 Å². The number of ether oxygens (including phenoxy) is 1. The van der Waals surface area contributed by atoms with Gasteiger partial charge in [-0.2, -0.15) is 0 Å². The first kappa shape index (κ1) is 25.9. The number of piperidine rings is 1. The van der Waals surface area contributed by atoms with Gasteiger partial charge in [0.1, 0.15) is 11.6 Å². The molecule has 39 heavy (non-hydrogen) atoms. The Labute approximate surface area is 228 Å². The molecule has 2 bridgehead atoms. The number of rotatable bonds is 8. The lowest BCUT2D eigenvalue weighted by Crippen LogP contribution is -2.45. The molecular weight excluding hydrogens is 524 g/mol. The number of hydrogen-bond acceptors (Lipinski definition) is 7. The zero-order valence-electron chi connectivity index (χ0n) is 21.5. The fourth-order valence-electron chi connectivity index (χ4n) is 5.94. The number of halogens is 2. The molecule has 0 amide bonds. The number of carboxylic acids is 1. The van der Waals surface area contributed by atoms with Crippen molar-refractivity contribution in [1.29, 1.82) is 0 Å². The van der Waals surface area contributed by atoms with Crippen molar-refractivity contribution < 1.29 is 28.2 Å². The molecule has 3 atom stereocenters. The van der Waals surface area contributed by atoms with Crippen LogP contribution in [0.1, 0.15) is 60.0 Å². The topological polar surface area (TPSA) is 106 Å². The first-order valence-corrected chi connectivity index (χ1v) is 14.0. The normalized spacial score (nSPS) is 23.3. The van der Waals surface area contributed by atoms with E-state index in [4.69, 9.17) is 15.5 Å². The number of nitrogens with zero attached hydrogens (tertiary/aromatic N) is 2. The van der Waals surface area contributed by atoms with E-state index in [0.717, 1.165) is 71.6 Å². The summed E-state index contributed by atoms with van der Waals surface area (Å²) >= 11 is 1.51. The maximum absolute atomic E-state index is 14.5. The molecule has 204 valence electrons. The molecule has 6 rings (SSSR count). The first-order chi connectivity index (χ1) is 18.7. The van der Waals surface area contributed by atoms with Gasteiger partial charge in [0.2, 0.25) is 0 Å². The molecule has 3 fully saturated rings. The van der Waals surface area contributed by atoms with Gasteiger partial charge in [-0.25, -0.2) is 18.6 Å². The maximum atomic E-state index is 14.5. The molecule has 10 heteroatoms. The number of nitrogens with two attached hydrogens (primary N) is 1. The van der Waals surface area contributed by atoms with Crippen molar-refractivity contribution in [3.63, 3.8) is 0 Å². The summed E-state index contributed by atoms with van der Waals surface area (Å²) < 4.78 is 35.0. The first-order valence-electron chi connectivity index (χ1n) is 13.2. The summed E-state index contributed by atoms with van der Waals surface area (Å²) in [6.07, 6.45) is 4.95. The standard InChI is InChI=1S/C29H29F2N3O4S/c1-14-8-16(28(36)37)9-24-26(14)33-29(39-24)34-18-5-6-19(34)12-20(11-18)38-13-22(27(35)15-2-3-15)25(32)21-7-4-17(30)10-23(21)31/h4,7-10,15,18-20H,2-3,5-6,11-13,32H2,1H3,(H,36,37)/t18-,19?,20?/m0/s1. The van der Waals surface area contributed by atoms with Crippen molar-refractivity contribution in [2.24, 2.45) is 11.7 Å². The maximum Gasteiger partial charge on any atom is 0.335 e. The largest absolute Gasteiger partial charge is 0.478 e. The number of hydrogen-bond donors (Lipinski definition) is 2. The van der Waals surface area contributed by atoms with Crippen molar-refractivity contribution in [3.8, 4) is 0 Å². The van der Waals surface area contributed by atoms with Gasteiger partial charge in [0.25, 0.3) is 0 Å². The molecule has 1 saturated carbocycles. The quantitative estimate of drug-likeness (QED) is 0.358. The van der Waals surface area contributed by atoms with E-state index in [-0.39, 0.29) is 58.9 Å². The third-order valence-electron chi connectivity index (χ3n) is 8.09. The third-order valence-corrected chi connectivity index (χ3v) is 9.10. The van der Waals surface area contributed by atoms with Crippen LogP contribution < -0.4 is 10.6 Å². The minimum Gasteiger partial charge on any atom is -0.478 e. The molecule has 2 unspecified atom stereocenters. The number of carboxylic acid groups (broad SMARTS) is 1. The molecule has 1 aliphatic carbocycles. The smallest absolute Gasteiger partial charge is 0.335 e. The van der Waals surface area contributed by atoms with Crippen LogP contribution in [0.15, 0.2) is 35.9 Å². The van der Waals surface area contributed by atoms with E-state index >= 15 is 0 Å². The Morgan fingerprint density at radius 3 is 2.49 bits per heavy atom. The third kappa shape index (κ3) is 4.91. The van der Waals surface area contributed by atoms with Crippen LogP contribution in [-0.2, 0) is 9.53 Å². The Morgan fingerprint density at radius 1 is 1.13 bits per heavy atom. The molecule has 0 spiro atoms. The zero-order valence-corrected chi connectivity index (χ0v) is 22.3. The average Bonchev–Trinajstić information content (AvgIpc) is 3.59. The van der Waals surface area contributed by atoms with Gasteiger partial charge in [0.15, 0.2) is 10.9 Å². The van der Waals surface area contributed by atoms with Gasteiger partial charge in [-0.1, -0.05) is 11.3 Å². The lowest BCUT2D eigenvalue weighted by atomic mass is 9.99. The van der Waals surface area contributed by atoms with Gasteiger partial charge < -0.3 is 20.5 Å². The number of aromatic nitrogens is 1. The molecular formula is C29H29F2N3O4S. The fourth-order valence-corrected chi connectivity index (χ4v) is 7.17. The van der Waals surface area contributed by atoms with E-state index in [1.807, 2.05) is 6.92 Å². The van der Waals surface area contributed by atoms with Crippen LogP contribution in [-0.4, -0.2) is 46.6 Å². The molecule has 3 aliphatic rings. The number of fused-ring (bicyclic) bond motifs is 3. The van der Waals surface area contributed by atoms with E-state index in [2.05, 4.69) is 4.90 Å². The van der Waals surface area contributed by atoms with Gasteiger partial charge in [-0.3, -0.25) is 4.79 Å². The Balaban J connectivity index is 1.20. The Morgan fingerprint density at radius 2 is 1.85 bits per heavy atom. The van der Waals surface area contributed by atoms with Crippen LogP contribution in [0.2, 0.25) is 0 Å². The van der Waals surface area contributed by atoms with Crippen LogP contribution in [0.4, 0.5) is 13.9 Å². The van der Waals surface area contributed by atoms with Crippen LogP contribution in [0.5, 0.6) is 0 Å². The predicted octanol–water partition coefficient (Wildman–Crippen LogP) is 5.45. The number of thiazole rings is 1. The van der Waals surface area contributed by atoms with E-state index in [1.54, 1.807) is 12.1 Å². The molecule has 3 heterocycles. The second kappa shape index (κ2) is 9.98. The molecule has 3 N–H and O–H groups in total. The molecule has 2 saturated heterocycles. The number of benzene rings is 2. The van der Waals surface area contributed by atoms with E-state index in [0.29, 0.717) is 0 Å². The summed E-state index contributed by atoms with van der Waals surface area (Å²) in [6, 6.07) is 6.92. The fraction of sp³-hybridized carbons (Fsp3) is 0.414. The van der Waals surface area contributed by atoms with Gasteiger partial charge >= 0.3 is 5.97 Å². The van der Waals surface area contributed by atoms with Crippen LogP contribution >= 0.6 is 11.3 Å². The number of carbonyl (C=O) groups excluding carboxylic acids is 1. The number of aromatic carboxylic acids is 1. The molecule has 0 radical (unpaired) electrons. The summed E-state index contributed by atoms with van der Waals surface area (Å²) in [6.45, 7) is 1.87. The molecule has 1 aromatic heterocycles. The molecule has 2 aromatic carbocycles. The van der Waals surface area contributed by atoms with Gasteiger partial charge in [-0.15, -0.1) is 0 Å². The highest BCUT2D eigenvalue weighted by Gasteiger charge is 2.43. The summed E-state index contributed by atoms with van der Waals surface area (Å²) in [5.41, 5.74) is 8.49. The number of ketones is 1. The highest BCUT2D eigenvalue weighted by Crippen LogP contribution is 2.44. The monoisotopic (exact) mass is 553 g/mol. The molecule has 3 aromatic rings. The highest BCUT2D eigenvalue weighted by molar-refractivity contribution is 7.22.